The van der Waals surface area contributed by atoms with Gasteiger partial charge >= 0.3 is 0 Å². The van der Waals surface area contributed by atoms with Gasteiger partial charge in [0, 0.05) is 5.02 Å². The molecule has 0 fully saturated rings. The lowest BCUT2D eigenvalue weighted by molar-refractivity contribution is 0.561. The lowest BCUT2D eigenvalue weighted by Gasteiger charge is -2.18. The van der Waals surface area contributed by atoms with Gasteiger partial charge < -0.3 is 4.55 Å². The second-order valence-electron chi connectivity index (χ2n) is 5.17. The fourth-order valence-corrected chi connectivity index (χ4v) is 3.08. The molecular weight excluding hydrogens is 300 g/mol. The average molecular weight is 315 g/mol. The van der Waals surface area contributed by atoms with Gasteiger partial charge in [-0.3, -0.25) is 0 Å². The molecule has 0 N–H and O–H groups in total. The van der Waals surface area contributed by atoms with Gasteiger partial charge in [0.15, 0.2) is 0 Å². The zero-order chi connectivity index (χ0) is 14.2. The predicted molar refractivity (Wildman–Crippen MR) is 84.7 cm³/mol. The van der Waals surface area contributed by atoms with Crippen LogP contribution < -0.4 is 0 Å². The summed E-state index contributed by atoms with van der Waals surface area (Å²) in [6.45, 7) is 7.54. The molecule has 0 aliphatic rings. The standard InChI is InChI=1S/C13H15ClN2OS2/c1-8(16-19(17)13(2,3)4)12-15-10-7-9(14)5-6-11(10)18-12/h5-7H,1-4H3. The summed E-state index contributed by atoms with van der Waals surface area (Å²) in [6.07, 6.45) is 0. The van der Waals surface area contributed by atoms with Crippen molar-refractivity contribution in [1.82, 2.24) is 4.98 Å². The van der Waals surface area contributed by atoms with E-state index in [0.29, 0.717) is 10.7 Å². The van der Waals surface area contributed by atoms with Gasteiger partial charge in [0.25, 0.3) is 0 Å². The highest BCUT2D eigenvalue weighted by molar-refractivity contribution is 7.91. The molecule has 0 bridgehead atoms. The summed E-state index contributed by atoms with van der Waals surface area (Å²) in [5, 5.41) is 1.45. The Labute approximate surface area is 125 Å². The molecule has 1 aromatic carbocycles. The van der Waals surface area contributed by atoms with Gasteiger partial charge in [-0.1, -0.05) is 16.0 Å². The van der Waals surface area contributed by atoms with E-state index in [1.807, 2.05) is 45.9 Å². The Kier molecular flexibility index (Phi) is 4.20. The van der Waals surface area contributed by atoms with Gasteiger partial charge in [-0.2, -0.15) is 0 Å². The van der Waals surface area contributed by atoms with E-state index in [4.69, 9.17) is 11.6 Å². The Hall–Kier alpha value is -0.620. The van der Waals surface area contributed by atoms with E-state index in [-0.39, 0.29) is 4.75 Å². The van der Waals surface area contributed by atoms with E-state index < -0.39 is 11.4 Å². The molecule has 2 rings (SSSR count). The van der Waals surface area contributed by atoms with Crippen molar-refractivity contribution < 1.29 is 4.55 Å². The summed E-state index contributed by atoms with van der Waals surface area (Å²) in [5.41, 5.74) is 1.55. The third-order valence-electron chi connectivity index (χ3n) is 2.40. The quantitative estimate of drug-likeness (QED) is 0.615. The topological polar surface area (TPSA) is 48.3 Å². The predicted octanol–water partition coefficient (Wildman–Crippen LogP) is 4.22. The Morgan fingerprint density at radius 3 is 2.74 bits per heavy atom. The van der Waals surface area contributed by atoms with Crippen LogP contribution >= 0.6 is 22.9 Å². The highest BCUT2D eigenvalue weighted by atomic mass is 35.5. The van der Waals surface area contributed by atoms with Crippen LogP contribution in [0.25, 0.3) is 10.2 Å². The van der Waals surface area contributed by atoms with E-state index in [0.717, 1.165) is 15.2 Å². The molecule has 0 spiro atoms. The van der Waals surface area contributed by atoms with Crippen LogP contribution in [0.4, 0.5) is 0 Å². The molecule has 0 aliphatic heterocycles. The Morgan fingerprint density at radius 1 is 1.42 bits per heavy atom. The Balaban J connectivity index is 2.36. The minimum atomic E-state index is -1.27. The Bertz CT molecular complexity index is 631. The molecule has 102 valence electrons. The summed E-state index contributed by atoms with van der Waals surface area (Å²) < 4.78 is 16.9. The fourth-order valence-electron chi connectivity index (χ4n) is 1.36. The molecule has 1 unspecified atom stereocenters. The second-order valence-corrected chi connectivity index (χ2v) is 8.54. The molecule has 0 radical (unpaired) electrons. The highest BCUT2D eigenvalue weighted by Crippen LogP contribution is 2.26. The number of rotatable bonds is 2. The van der Waals surface area contributed by atoms with Crippen molar-refractivity contribution in [3.05, 3.63) is 28.2 Å². The third-order valence-corrected chi connectivity index (χ3v) is 5.27. The van der Waals surface area contributed by atoms with Crippen molar-refractivity contribution in [1.29, 1.82) is 0 Å². The molecule has 0 aliphatic carbocycles. The van der Waals surface area contributed by atoms with Crippen molar-refractivity contribution in [2.75, 3.05) is 0 Å². The van der Waals surface area contributed by atoms with E-state index >= 15 is 0 Å². The van der Waals surface area contributed by atoms with Crippen LogP contribution in [0, 0.1) is 0 Å². The lowest BCUT2D eigenvalue weighted by Crippen LogP contribution is -2.26. The number of thiazole rings is 1. The first-order chi connectivity index (χ1) is 8.77. The monoisotopic (exact) mass is 314 g/mol. The summed E-state index contributed by atoms with van der Waals surface area (Å²) in [7, 11) is 0. The smallest absolute Gasteiger partial charge is 0.144 e. The number of fused-ring (bicyclic) bond motifs is 1. The van der Waals surface area contributed by atoms with Crippen molar-refractivity contribution in [2.24, 2.45) is 4.40 Å². The SMILES string of the molecule is CC(=N[S+]([O-])C(C)(C)C)c1nc2cc(Cl)ccc2s1. The van der Waals surface area contributed by atoms with Crippen molar-refractivity contribution in [2.45, 2.75) is 32.4 Å². The largest absolute Gasteiger partial charge is 0.591 e. The van der Waals surface area contributed by atoms with Crippen LogP contribution in [-0.4, -0.2) is 20.0 Å². The molecule has 19 heavy (non-hydrogen) atoms. The van der Waals surface area contributed by atoms with Crippen LogP contribution in [-0.2, 0) is 11.4 Å². The van der Waals surface area contributed by atoms with E-state index in [1.165, 1.54) is 11.3 Å². The van der Waals surface area contributed by atoms with E-state index in [2.05, 4.69) is 9.38 Å². The van der Waals surface area contributed by atoms with Crippen molar-refractivity contribution >= 4 is 50.2 Å². The molecule has 3 nitrogen and oxygen atoms in total. The normalized spacial score (nSPS) is 14.9. The van der Waals surface area contributed by atoms with Gasteiger partial charge in [0.2, 0.25) is 0 Å². The van der Waals surface area contributed by atoms with Gasteiger partial charge in [0.05, 0.1) is 10.2 Å². The average Bonchev–Trinajstić information content (AvgIpc) is 2.70. The summed E-state index contributed by atoms with van der Waals surface area (Å²) in [6, 6.07) is 5.60. The number of benzene rings is 1. The molecule has 2 aromatic rings. The van der Waals surface area contributed by atoms with E-state index in [1.54, 1.807) is 0 Å². The second kappa shape index (κ2) is 5.40. The lowest BCUT2D eigenvalue weighted by atomic mass is 10.3. The van der Waals surface area contributed by atoms with Crippen LogP contribution in [0.2, 0.25) is 5.02 Å². The molecule has 6 heteroatoms. The molecule has 1 heterocycles. The van der Waals surface area contributed by atoms with Gasteiger partial charge in [0.1, 0.15) is 26.8 Å². The maximum absolute atomic E-state index is 12.0. The molecule has 0 saturated heterocycles. The molecule has 0 saturated carbocycles. The number of aromatic nitrogens is 1. The zero-order valence-electron chi connectivity index (χ0n) is 11.2. The first-order valence-electron chi connectivity index (χ1n) is 5.81. The highest BCUT2D eigenvalue weighted by Gasteiger charge is 2.27. The van der Waals surface area contributed by atoms with Crippen molar-refractivity contribution in [3.8, 4) is 0 Å². The molecule has 1 aromatic heterocycles. The van der Waals surface area contributed by atoms with Gasteiger partial charge in [-0.15, -0.1) is 11.3 Å². The van der Waals surface area contributed by atoms with Gasteiger partial charge in [-0.05, 0) is 45.9 Å². The van der Waals surface area contributed by atoms with Gasteiger partial charge in [-0.25, -0.2) is 4.98 Å². The summed E-state index contributed by atoms with van der Waals surface area (Å²) >= 11 is 6.20. The summed E-state index contributed by atoms with van der Waals surface area (Å²) in [4.78, 5) is 4.48. The maximum Gasteiger partial charge on any atom is 0.144 e. The van der Waals surface area contributed by atoms with E-state index in [9.17, 15) is 4.55 Å². The number of hydrogen-bond donors (Lipinski definition) is 0. The molecule has 0 amide bonds. The first kappa shape index (κ1) is 14.8. The minimum absolute atomic E-state index is 0.360. The Morgan fingerprint density at radius 2 is 2.11 bits per heavy atom. The van der Waals surface area contributed by atoms with Crippen molar-refractivity contribution in [3.63, 3.8) is 0 Å². The number of nitrogens with zero attached hydrogens (tertiary/aromatic N) is 2. The number of hydrogen-bond acceptors (Lipinski definition) is 4. The van der Waals surface area contributed by atoms with Crippen LogP contribution in [0.5, 0.6) is 0 Å². The first-order valence-corrected chi connectivity index (χ1v) is 8.11. The van der Waals surface area contributed by atoms with Crippen LogP contribution in [0.3, 0.4) is 0 Å². The molecular formula is C13H15ClN2OS2. The zero-order valence-corrected chi connectivity index (χ0v) is 13.6. The van der Waals surface area contributed by atoms with Crippen LogP contribution in [0.15, 0.2) is 22.6 Å². The summed E-state index contributed by atoms with van der Waals surface area (Å²) in [5.74, 6) is 0. The third kappa shape index (κ3) is 3.48. The number of halogens is 1. The maximum atomic E-state index is 12.0. The molecule has 1 atom stereocenters. The fraction of sp³-hybridized carbons (Fsp3) is 0.385. The van der Waals surface area contributed by atoms with Crippen LogP contribution in [0.1, 0.15) is 32.7 Å². The minimum Gasteiger partial charge on any atom is -0.591 e.